The number of nitrogens with one attached hydrogen (secondary N) is 2. The smallest absolute Gasteiger partial charge is 0.319 e. The number of thiophene rings is 2. The first-order valence-corrected chi connectivity index (χ1v) is 11.5. The molecule has 3 heterocycles. The van der Waals surface area contributed by atoms with E-state index in [2.05, 4.69) is 28.1 Å². The number of hydrogen-bond acceptors (Lipinski definition) is 5. The first kappa shape index (κ1) is 18.3. The lowest BCUT2D eigenvalue weighted by Crippen LogP contribution is -2.36. The summed E-state index contributed by atoms with van der Waals surface area (Å²) < 4.78 is 0. The number of urea groups is 1. The van der Waals surface area contributed by atoms with Crippen LogP contribution in [0.5, 0.6) is 0 Å². The molecule has 4 aromatic rings. The van der Waals surface area contributed by atoms with Gasteiger partial charge in [-0.25, -0.2) is 14.8 Å². The van der Waals surface area contributed by atoms with Crippen molar-refractivity contribution in [1.29, 1.82) is 0 Å². The van der Waals surface area contributed by atoms with Crippen LogP contribution >= 0.6 is 22.7 Å². The molecule has 1 aliphatic carbocycles. The molecule has 1 fully saturated rings. The zero-order chi connectivity index (χ0) is 19.6. The number of nitrogens with zero attached hydrogens (tertiary/aromatic N) is 2. The maximum absolute atomic E-state index is 12.3. The lowest BCUT2D eigenvalue weighted by atomic mass is 10.2. The number of amides is 2. The normalized spacial score (nSPS) is 14.3. The fourth-order valence-corrected chi connectivity index (χ4v) is 5.15. The highest BCUT2D eigenvalue weighted by Crippen LogP contribution is 2.35. The average molecular weight is 421 g/mol. The third-order valence-electron chi connectivity index (χ3n) is 5.12. The van der Waals surface area contributed by atoms with Gasteiger partial charge in [0, 0.05) is 11.7 Å². The molecule has 0 radical (unpaired) electrons. The molecule has 0 saturated heterocycles. The molecular formula is C22H20N4OS2. The van der Waals surface area contributed by atoms with Gasteiger partial charge in [-0.1, -0.05) is 25.0 Å². The van der Waals surface area contributed by atoms with E-state index in [1.807, 2.05) is 35.7 Å². The Bertz CT molecular complexity index is 1130. The summed E-state index contributed by atoms with van der Waals surface area (Å²) >= 11 is 3.31. The van der Waals surface area contributed by atoms with Gasteiger partial charge in [0.05, 0.1) is 20.8 Å². The predicted octanol–water partition coefficient (Wildman–Crippen LogP) is 6.15. The van der Waals surface area contributed by atoms with E-state index in [1.54, 1.807) is 22.7 Å². The standard InChI is InChI=1S/C22H20N4OS2/c27-22(23-14-5-1-2-6-14)24-15-9-10-16-17(13-15)26-21(19-8-4-12-29-19)20(25-16)18-7-3-11-28-18/h3-4,7-14H,1-2,5-6H2,(H2,23,24,27). The molecule has 5 rings (SSSR count). The van der Waals surface area contributed by atoms with Gasteiger partial charge in [-0.05, 0) is 53.9 Å². The van der Waals surface area contributed by atoms with Crippen molar-refractivity contribution >= 4 is 45.4 Å². The second-order valence-corrected chi connectivity index (χ2v) is 9.05. The molecular weight excluding hydrogens is 400 g/mol. The Morgan fingerprint density at radius 3 is 2.17 bits per heavy atom. The molecule has 1 aliphatic rings. The van der Waals surface area contributed by atoms with E-state index >= 15 is 0 Å². The molecule has 0 spiro atoms. The van der Waals surface area contributed by atoms with Gasteiger partial charge in [0.1, 0.15) is 11.4 Å². The quantitative estimate of drug-likeness (QED) is 0.416. The van der Waals surface area contributed by atoms with Gasteiger partial charge in [0.2, 0.25) is 0 Å². The minimum absolute atomic E-state index is 0.155. The van der Waals surface area contributed by atoms with Crippen molar-refractivity contribution in [2.24, 2.45) is 0 Å². The largest absolute Gasteiger partial charge is 0.335 e. The molecule has 1 aromatic carbocycles. The number of carbonyl (C=O) groups is 1. The van der Waals surface area contributed by atoms with Crippen molar-refractivity contribution in [2.75, 3.05) is 5.32 Å². The molecule has 0 bridgehead atoms. The van der Waals surface area contributed by atoms with Crippen molar-refractivity contribution in [3.05, 3.63) is 53.2 Å². The Labute approximate surface area is 176 Å². The van der Waals surface area contributed by atoms with Crippen LogP contribution in [0.1, 0.15) is 25.7 Å². The lowest BCUT2D eigenvalue weighted by molar-refractivity contribution is 0.248. The highest BCUT2D eigenvalue weighted by atomic mass is 32.1. The molecule has 3 aromatic heterocycles. The predicted molar refractivity (Wildman–Crippen MR) is 121 cm³/mol. The highest BCUT2D eigenvalue weighted by molar-refractivity contribution is 7.14. The zero-order valence-electron chi connectivity index (χ0n) is 15.7. The summed E-state index contributed by atoms with van der Waals surface area (Å²) in [5.41, 5.74) is 4.09. The number of fused-ring (bicyclic) bond motifs is 1. The summed E-state index contributed by atoms with van der Waals surface area (Å²) in [7, 11) is 0. The molecule has 0 aliphatic heterocycles. The summed E-state index contributed by atoms with van der Waals surface area (Å²) in [6.45, 7) is 0. The second-order valence-electron chi connectivity index (χ2n) is 7.16. The van der Waals surface area contributed by atoms with Gasteiger partial charge in [-0.2, -0.15) is 0 Å². The van der Waals surface area contributed by atoms with Crippen molar-refractivity contribution in [3.8, 4) is 21.1 Å². The van der Waals surface area contributed by atoms with E-state index in [4.69, 9.17) is 9.97 Å². The highest BCUT2D eigenvalue weighted by Gasteiger charge is 2.18. The Balaban J connectivity index is 1.49. The van der Waals surface area contributed by atoms with Crippen LogP contribution in [-0.2, 0) is 0 Å². The molecule has 0 unspecified atom stereocenters. The van der Waals surface area contributed by atoms with Crippen LogP contribution in [0.25, 0.3) is 32.2 Å². The van der Waals surface area contributed by atoms with Crippen LogP contribution in [0.15, 0.2) is 53.2 Å². The SMILES string of the molecule is O=C(Nc1ccc2nc(-c3cccs3)c(-c3cccs3)nc2c1)NC1CCCC1. The Morgan fingerprint density at radius 1 is 0.897 bits per heavy atom. The van der Waals surface area contributed by atoms with Gasteiger partial charge in [0.25, 0.3) is 0 Å². The maximum Gasteiger partial charge on any atom is 0.319 e. The van der Waals surface area contributed by atoms with E-state index in [0.29, 0.717) is 0 Å². The minimum atomic E-state index is -0.155. The monoisotopic (exact) mass is 420 g/mol. The summed E-state index contributed by atoms with van der Waals surface area (Å²) in [5.74, 6) is 0. The van der Waals surface area contributed by atoms with Gasteiger partial charge in [-0.3, -0.25) is 0 Å². The Hall–Kier alpha value is -2.77. The third-order valence-corrected chi connectivity index (χ3v) is 6.87. The van der Waals surface area contributed by atoms with Crippen molar-refractivity contribution in [1.82, 2.24) is 15.3 Å². The van der Waals surface area contributed by atoms with E-state index in [9.17, 15) is 4.79 Å². The molecule has 5 nitrogen and oxygen atoms in total. The van der Waals surface area contributed by atoms with Gasteiger partial charge in [-0.15, -0.1) is 22.7 Å². The number of carbonyl (C=O) groups excluding carboxylic acids is 1. The molecule has 0 atom stereocenters. The molecule has 29 heavy (non-hydrogen) atoms. The molecule has 146 valence electrons. The van der Waals surface area contributed by atoms with Crippen LogP contribution < -0.4 is 10.6 Å². The molecule has 2 amide bonds. The first-order chi connectivity index (χ1) is 14.3. The molecule has 1 saturated carbocycles. The van der Waals surface area contributed by atoms with Crippen LogP contribution in [0.2, 0.25) is 0 Å². The van der Waals surface area contributed by atoms with E-state index < -0.39 is 0 Å². The third kappa shape index (κ3) is 3.88. The van der Waals surface area contributed by atoms with Gasteiger partial charge >= 0.3 is 6.03 Å². The second kappa shape index (κ2) is 7.93. The van der Waals surface area contributed by atoms with Crippen LogP contribution in [0, 0.1) is 0 Å². The van der Waals surface area contributed by atoms with E-state index in [1.165, 1.54) is 12.8 Å². The van der Waals surface area contributed by atoms with Crippen molar-refractivity contribution in [2.45, 2.75) is 31.7 Å². The fourth-order valence-electron chi connectivity index (χ4n) is 3.73. The van der Waals surface area contributed by atoms with Crippen LogP contribution in [0.4, 0.5) is 10.5 Å². The number of benzene rings is 1. The van der Waals surface area contributed by atoms with E-state index in [-0.39, 0.29) is 12.1 Å². The fraction of sp³-hybridized carbons (Fsp3) is 0.227. The van der Waals surface area contributed by atoms with E-state index in [0.717, 1.165) is 50.7 Å². The van der Waals surface area contributed by atoms with Crippen molar-refractivity contribution < 1.29 is 4.79 Å². The number of rotatable bonds is 4. The molecule has 7 heteroatoms. The number of aromatic nitrogens is 2. The summed E-state index contributed by atoms with van der Waals surface area (Å²) in [6.07, 6.45) is 4.50. The topological polar surface area (TPSA) is 66.9 Å². The summed E-state index contributed by atoms with van der Waals surface area (Å²) in [5, 5.41) is 10.1. The Kier molecular flexibility index (Phi) is 4.99. The minimum Gasteiger partial charge on any atom is -0.335 e. The molecule has 2 N–H and O–H groups in total. The van der Waals surface area contributed by atoms with Crippen LogP contribution in [-0.4, -0.2) is 22.0 Å². The van der Waals surface area contributed by atoms with Crippen LogP contribution in [0.3, 0.4) is 0 Å². The van der Waals surface area contributed by atoms with Gasteiger partial charge < -0.3 is 10.6 Å². The maximum atomic E-state index is 12.3. The van der Waals surface area contributed by atoms with Crippen molar-refractivity contribution in [3.63, 3.8) is 0 Å². The number of anilines is 1. The summed E-state index contributed by atoms with van der Waals surface area (Å²) in [4.78, 5) is 24.3. The summed E-state index contributed by atoms with van der Waals surface area (Å²) in [6, 6.07) is 14.0. The van der Waals surface area contributed by atoms with Gasteiger partial charge in [0.15, 0.2) is 0 Å². The first-order valence-electron chi connectivity index (χ1n) is 9.73. The zero-order valence-corrected chi connectivity index (χ0v) is 17.4. The number of hydrogen-bond donors (Lipinski definition) is 2. The lowest BCUT2D eigenvalue weighted by Gasteiger charge is -2.13. The Morgan fingerprint density at radius 2 is 1.55 bits per heavy atom. The average Bonchev–Trinajstić information content (AvgIpc) is 3.49.